The van der Waals surface area contributed by atoms with Crippen molar-refractivity contribution in [3.8, 4) is 11.5 Å². The standard InChI is InChI=1S/C20H17N3O3/c21-18(24)15-8-9-17-14(11-15)7-4-10-23(17)20(25)16-12-26-19(22-16)13-5-2-1-3-6-13/h1-3,5-6,8-9,11-12H,4,7,10H2,(H2,21,24). The quantitative estimate of drug-likeness (QED) is 0.788. The molecule has 2 N–H and O–H groups in total. The Hall–Kier alpha value is -3.41. The Kier molecular flexibility index (Phi) is 4.01. The third-order valence-corrected chi connectivity index (χ3v) is 4.47. The average Bonchev–Trinajstić information content (AvgIpc) is 3.17. The van der Waals surface area contributed by atoms with Gasteiger partial charge in [-0.3, -0.25) is 9.59 Å². The van der Waals surface area contributed by atoms with Crippen molar-refractivity contribution in [1.29, 1.82) is 0 Å². The zero-order valence-electron chi connectivity index (χ0n) is 14.0. The van der Waals surface area contributed by atoms with Gasteiger partial charge in [0, 0.05) is 23.4 Å². The van der Waals surface area contributed by atoms with Gasteiger partial charge in [0.2, 0.25) is 11.8 Å². The van der Waals surface area contributed by atoms with Gasteiger partial charge < -0.3 is 15.1 Å². The minimum atomic E-state index is -0.472. The molecule has 1 aliphatic rings. The van der Waals surface area contributed by atoms with Crippen LogP contribution >= 0.6 is 0 Å². The molecule has 0 radical (unpaired) electrons. The number of hydrogen-bond donors (Lipinski definition) is 1. The number of aromatic nitrogens is 1. The molecule has 0 saturated heterocycles. The second-order valence-electron chi connectivity index (χ2n) is 6.17. The van der Waals surface area contributed by atoms with Crippen molar-refractivity contribution in [2.75, 3.05) is 11.4 Å². The Balaban J connectivity index is 1.64. The Morgan fingerprint density at radius 1 is 1.12 bits per heavy atom. The maximum absolute atomic E-state index is 12.9. The molecule has 6 heteroatoms. The topological polar surface area (TPSA) is 89.4 Å². The van der Waals surface area contributed by atoms with E-state index in [1.54, 1.807) is 23.1 Å². The summed E-state index contributed by atoms with van der Waals surface area (Å²) in [6.07, 6.45) is 3.00. The van der Waals surface area contributed by atoms with Gasteiger partial charge in [-0.1, -0.05) is 18.2 Å². The highest BCUT2D eigenvalue weighted by Crippen LogP contribution is 2.30. The first-order valence-electron chi connectivity index (χ1n) is 8.39. The molecule has 130 valence electrons. The van der Waals surface area contributed by atoms with Crippen LogP contribution < -0.4 is 10.6 Å². The normalized spacial score (nSPS) is 13.3. The van der Waals surface area contributed by atoms with Crippen molar-refractivity contribution >= 4 is 17.5 Å². The van der Waals surface area contributed by atoms with Crippen LogP contribution in [0.1, 0.15) is 32.8 Å². The summed E-state index contributed by atoms with van der Waals surface area (Å²) >= 11 is 0. The van der Waals surface area contributed by atoms with Crippen molar-refractivity contribution in [1.82, 2.24) is 4.98 Å². The Labute approximate surface area is 150 Å². The molecule has 2 heterocycles. The van der Waals surface area contributed by atoms with Crippen LogP contribution in [0.2, 0.25) is 0 Å². The van der Waals surface area contributed by atoms with Crippen LogP contribution in [0.25, 0.3) is 11.5 Å². The number of aryl methyl sites for hydroxylation is 1. The molecule has 0 saturated carbocycles. The smallest absolute Gasteiger partial charge is 0.280 e. The van der Waals surface area contributed by atoms with Gasteiger partial charge >= 0.3 is 0 Å². The fraction of sp³-hybridized carbons (Fsp3) is 0.150. The van der Waals surface area contributed by atoms with Crippen LogP contribution in [0.5, 0.6) is 0 Å². The number of oxazole rings is 1. The summed E-state index contributed by atoms with van der Waals surface area (Å²) in [5, 5.41) is 0. The number of nitrogens with two attached hydrogens (primary N) is 1. The molecule has 4 rings (SSSR count). The summed E-state index contributed by atoms with van der Waals surface area (Å²) in [5.41, 5.74) is 8.60. The van der Waals surface area contributed by atoms with E-state index in [0.717, 1.165) is 29.7 Å². The number of primary amides is 1. The van der Waals surface area contributed by atoms with E-state index in [1.165, 1.54) is 6.26 Å². The lowest BCUT2D eigenvalue weighted by molar-refractivity contribution is 0.0978. The van der Waals surface area contributed by atoms with Gasteiger partial charge in [-0.05, 0) is 48.7 Å². The van der Waals surface area contributed by atoms with Crippen LogP contribution in [0.4, 0.5) is 5.69 Å². The highest BCUT2D eigenvalue weighted by molar-refractivity contribution is 6.06. The van der Waals surface area contributed by atoms with Crippen molar-refractivity contribution in [2.24, 2.45) is 5.73 Å². The lowest BCUT2D eigenvalue weighted by Crippen LogP contribution is -2.35. The maximum Gasteiger partial charge on any atom is 0.280 e. The monoisotopic (exact) mass is 347 g/mol. The van der Waals surface area contributed by atoms with E-state index in [9.17, 15) is 9.59 Å². The van der Waals surface area contributed by atoms with E-state index in [1.807, 2.05) is 30.3 Å². The lowest BCUT2D eigenvalue weighted by atomic mass is 9.98. The zero-order valence-corrected chi connectivity index (χ0v) is 14.0. The van der Waals surface area contributed by atoms with Gasteiger partial charge in [0.15, 0.2) is 5.69 Å². The van der Waals surface area contributed by atoms with E-state index in [2.05, 4.69) is 4.98 Å². The molecule has 0 bridgehead atoms. The number of fused-ring (bicyclic) bond motifs is 1. The van der Waals surface area contributed by atoms with Gasteiger partial charge in [0.05, 0.1) is 0 Å². The number of benzene rings is 2. The third-order valence-electron chi connectivity index (χ3n) is 4.47. The van der Waals surface area contributed by atoms with E-state index in [-0.39, 0.29) is 11.6 Å². The van der Waals surface area contributed by atoms with Crippen molar-refractivity contribution in [3.05, 3.63) is 71.6 Å². The molecule has 0 fully saturated rings. The van der Waals surface area contributed by atoms with Crippen LogP contribution in [0, 0.1) is 0 Å². The van der Waals surface area contributed by atoms with Gasteiger partial charge in [0.25, 0.3) is 5.91 Å². The summed E-state index contributed by atoms with van der Waals surface area (Å²) in [6.45, 7) is 0.593. The molecule has 0 atom stereocenters. The van der Waals surface area contributed by atoms with Crippen molar-refractivity contribution < 1.29 is 14.0 Å². The molecule has 0 aliphatic carbocycles. The summed E-state index contributed by atoms with van der Waals surface area (Å²) in [6, 6.07) is 14.6. The summed E-state index contributed by atoms with van der Waals surface area (Å²) in [7, 11) is 0. The summed E-state index contributed by atoms with van der Waals surface area (Å²) in [5.74, 6) is -0.279. The molecule has 6 nitrogen and oxygen atoms in total. The van der Waals surface area contributed by atoms with Gasteiger partial charge in [-0.2, -0.15) is 0 Å². The first kappa shape index (κ1) is 16.1. The Bertz CT molecular complexity index is 979. The number of nitrogens with zero attached hydrogens (tertiary/aromatic N) is 2. The molecule has 2 amide bonds. The summed E-state index contributed by atoms with van der Waals surface area (Å²) in [4.78, 5) is 30.3. The largest absolute Gasteiger partial charge is 0.444 e. The molecule has 2 aromatic carbocycles. The highest BCUT2D eigenvalue weighted by atomic mass is 16.3. The predicted octanol–water partition coefficient (Wildman–Crippen LogP) is 3.03. The Morgan fingerprint density at radius 3 is 2.69 bits per heavy atom. The Morgan fingerprint density at radius 2 is 1.92 bits per heavy atom. The highest BCUT2D eigenvalue weighted by Gasteiger charge is 2.26. The number of rotatable bonds is 3. The average molecular weight is 347 g/mol. The van der Waals surface area contributed by atoms with Gasteiger partial charge in [-0.25, -0.2) is 4.98 Å². The molecular weight excluding hydrogens is 330 g/mol. The van der Waals surface area contributed by atoms with Crippen molar-refractivity contribution in [3.63, 3.8) is 0 Å². The second-order valence-corrected chi connectivity index (χ2v) is 6.17. The van der Waals surface area contributed by atoms with Crippen LogP contribution in [0.3, 0.4) is 0 Å². The zero-order chi connectivity index (χ0) is 18.1. The number of amides is 2. The van der Waals surface area contributed by atoms with E-state index >= 15 is 0 Å². The molecular formula is C20H17N3O3. The van der Waals surface area contributed by atoms with Crippen LogP contribution in [0.15, 0.2) is 59.2 Å². The SMILES string of the molecule is NC(=O)c1ccc2c(c1)CCCN2C(=O)c1coc(-c2ccccc2)n1. The predicted molar refractivity (Wildman–Crippen MR) is 96.9 cm³/mol. The van der Waals surface area contributed by atoms with E-state index in [4.69, 9.17) is 10.2 Å². The second kappa shape index (κ2) is 6.48. The van der Waals surface area contributed by atoms with Crippen LogP contribution in [-0.2, 0) is 6.42 Å². The fourth-order valence-corrected chi connectivity index (χ4v) is 3.18. The third kappa shape index (κ3) is 2.86. The number of carbonyl (C=O) groups excluding carboxylic acids is 2. The molecule has 0 spiro atoms. The fourth-order valence-electron chi connectivity index (χ4n) is 3.18. The summed E-state index contributed by atoms with van der Waals surface area (Å²) < 4.78 is 5.48. The maximum atomic E-state index is 12.9. The van der Waals surface area contributed by atoms with Crippen molar-refractivity contribution in [2.45, 2.75) is 12.8 Å². The van der Waals surface area contributed by atoms with Gasteiger partial charge in [0.1, 0.15) is 6.26 Å². The first-order valence-corrected chi connectivity index (χ1v) is 8.39. The number of carbonyl (C=O) groups is 2. The molecule has 1 aromatic heterocycles. The molecule has 1 aliphatic heterocycles. The van der Waals surface area contributed by atoms with E-state index < -0.39 is 5.91 Å². The van der Waals surface area contributed by atoms with E-state index in [0.29, 0.717) is 18.0 Å². The number of anilines is 1. The minimum Gasteiger partial charge on any atom is -0.444 e. The van der Waals surface area contributed by atoms with Gasteiger partial charge in [-0.15, -0.1) is 0 Å². The lowest BCUT2D eigenvalue weighted by Gasteiger charge is -2.29. The molecule has 3 aromatic rings. The number of hydrogen-bond acceptors (Lipinski definition) is 4. The molecule has 26 heavy (non-hydrogen) atoms. The first-order chi connectivity index (χ1) is 12.6. The van der Waals surface area contributed by atoms with Crippen LogP contribution in [-0.4, -0.2) is 23.3 Å². The molecule has 0 unspecified atom stereocenters. The minimum absolute atomic E-state index is 0.219.